The van der Waals surface area contributed by atoms with Gasteiger partial charge < -0.3 is 15.4 Å². The number of rotatable bonds is 4. The highest BCUT2D eigenvalue weighted by Crippen LogP contribution is 2.07. The molecule has 1 fully saturated rings. The molecule has 0 saturated carbocycles. The van der Waals surface area contributed by atoms with Gasteiger partial charge in [-0.2, -0.15) is 0 Å². The maximum atomic E-state index is 11.9. The zero-order valence-electron chi connectivity index (χ0n) is 11.1. The van der Waals surface area contributed by atoms with Crippen molar-refractivity contribution in [2.45, 2.75) is 18.6 Å². The van der Waals surface area contributed by atoms with Gasteiger partial charge in [-0.05, 0) is 24.6 Å². The van der Waals surface area contributed by atoms with Crippen molar-refractivity contribution in [2.75, 3.05) is 20.2 Å². The van der Waals surface area contributed by atoms with E-state index in [1.807, 2.05) is 36.4 Å². The highest BCUT2D eigenvalue weighted by atomic mass is 16.5. The molecule has 0 radical (unpaired) electrons. The van der Waals surface area contributed by atoms with Gasteiger partial charge in [-0.15, -0.1) is 0 Å². The van der Waals surface area contributed by atoms with Gasteiger partial charge in [-0.1, -0.05) is 30.3 Å². The number of piperidine rings is 1. The maximum absolute atomic E-state index is 11.9. The number of amides is 1. The molecular weight excluding hydrogens is 240 g/mol. The summed E-state index contributed by atoms with van der Waals surface area (Å²) < 4.78 is 5.39. The van der Waals surface area contributed by atoms with Gasteiger partial charge >= 0.3 is 0 Å². The Hall–Kier alpha value is -1.65. The third-order valence-corrected chi connectivity index (χ3v) is 3.28. The maximum Gasteiger partial charge on any atom is 0.244 e. The fraction of sp³-hybridized carbons (Fsp3) is 0.400. The molecule has 1 amide bonds. The van der Waals surface area contributed by atoms with Gasteiger partial charge in [0.2, 0.25) is 5.91 Å². The molecule has 0 aliphatic carbocycles. The van der Waals surface area contributed by atoms with Crippen molar-refractivity contribution in [1.29, 1.82) is 0 Å². The number of hydrogen-bond donors (Lipinski definition) is 2. The highest BCUT2D eigenvalue weighted by Gasteiger charge is 2.25. The molecule has 1 heterocycles. The first-order valence-electron chi connectivity index (χ1n) is 6.57. The zero-order chi connectivity index (χ0) is 13.5. The smallest absolute Gasteiger partial charge is 0.244 e. The van der Waals surface area contributed by atoms with Gasteiger partial charge in [0.25, 0.3) is 0 Å². The molecule has 4 heteroatoms. The van der Waals surface area contributed by atoms with Crippen LogP contribution in [0.25, 0.3) is 6.08 Å². The van der Waals surface area contributed by atoms with Crippen molar-refractivity contribution in [1.82, 2.24) is 10.6 Å². The minimum absolute atomic E-state index is 0.0340. The Kier molecular flexibility index (Phi) is 5.12. The van der Waals surface area contributed by atoms with Crippen LogP contribution in [0.5, 0.6) is 0 Å². The fourth-order valence-corrected chi connectivity index (χ4v) is 2.23. The molecule has 1 aliphatic heterocycles. The van der Waals surface area contributed by atoms with Gasteiger partial charge in [0, 0.05) is 19.7 Å². The molecule has 1 aliphatic rings. The predicted octanol–water partition coefficient (Wildman–Crippen LogP) is 1.19. The number of carbonyl (C=O) groups is 1. The van der Waals surface area contributed by atoms with Crippen LogP contribution in [0.1, 0.15) is 12.0 Å². The van der Waals surface area contributed by atoms with E-state index in [-0.39, 0.29) is 18.1 Å². The second-order valence-electron chi connectivity index (χ2n) is 4.63. The lowest BCUT2D eigenvalue weighted by atomic mass is 10.0. The first-order valence-corrected chi connectivity index (χ1v) is 6.57. The van der Waals surface area contributed by atoms with E-state index in [1.165, 1.54) is 0 Å². The summed E-state index contributed by atoms with van der Waals surface area (Å²) in [4.78, 5) is 11.9. The quantitative estimate of drug-likeness (QED) is 0.800. The van der Waals surface area contributed by atoms with Crippen LogP contribution in [0.2, 0.25) is 0 Å². The van der Waals surface area contributed by atoms with E-state index < -0.39 is 0 Å². The van der Waals surface area contributed by atoms with Crippen LogP contribution >= 0.6 is 0 Å². The molecule has 19 heavy (non-hydrogen) atoms. The van der Waals surface area contributed by atoms with E-state index in [9.17, 15) is 4.79 Å². The first kappa shape index (κ1) is 13.8. The SMILES string of the molecule is CO[C@@H]1CCNC[C@@H]1NC(=O)C=Cc1ccccc1. The standard InChI is InChI=1S/C15H20N2O2/c1-19-14-9-10-16-11-13(14)17-15(18)8-7-12-5-3-2-4-6-12/h2-8,13-14,16H,9-11H2,1H3,(H,17,18)/t13-,14+/m0/s1. The molecular formula is C15H20N2O2. The number of ether oxygens (including phenoxy) is 1. The van der Waals surface area contributed by atoms with Crippen molar-refractivity contribution >= 4 is 12.0 Å². The molecule has 2 N–H and O–H groups in total. The molecule has 4 nitrogen and oxygen atoms in total. The fourth-order valence-electron chi connectivity index (χ4n) is 2.23. The molecule has 2 rings (SSSR count). The van der Waals surface area contributed by atoms with Crippen molar-refractivity contribution in [3.8, 4) is 0 Å². The normalized spacial score (nSPS) is 23.4. The Balaban J connectivity index is 1.88. The highest BCUT2D eigenvalue weighted by molar-refractivity contribution is 5.91. The summed E-state index contributed by atoms with van der Waals surface area (Å²) in [5, 5.41) is 6.24. The van der Waals surface area contributed by atoms with Gasteiger partial charge in [-0.3, -0.25) is 4.79 Å². The van der Waals surface area contributed by atoms with E-state index in [4.69, 9.17) is 4.74 Å². The Morgan fingerprint density at radius 1 is 1.42 bits per heavy atom. The average molecular weight is 260 g/mol. The summed E-state index contributed by atoms with van der Waals surface area (Å²) in [6.45, 7) is 1.69. The molecule has 102 valence electrons. The Bertz CT molecular complexity index is 431. The Labute approximate surface area is 113 Å². The lowest BCUT2D eigenvalue weighted by Crippen LogP contribution is -2.54. The van der Waals surface area contributed by atoms with E-state index in [1.54, 1.807) is 13.2 Å². The van der Waals surface area contributed by atoms with Gasteiger partial charge in [-0.25, -0.2) is 0 Å². The summed E-state index contributed by atoms with van der Waals surface area (Å²) in [5.74, 6) is -0.0837. The number of methoxy groups -OCH3 is 1. The molecule has 0 spiro atoms. The van der Waals surface area contributed by atoms with Crippen molar-refractivity contribution < 1.29 is 9.53 Å². The topological polar surface area (TPSA) is 50.4 Å². The van der Waals surface area contributed by atoms with Gasteiger partial charge in [0.1, 0.15) is 0 Å². The Morgan fingerprint density at radius 2 is 2.21 bits per heavy atom. The first-order chi connectivity index (χ1) is 9.29. The molecule has 0 aromatic heterocycles. The van der Waals surface area contributed by atoms with Crippen molar-refractivity contribution in [3.05, 3.63) is 42.0 Å². The minimum atomic E-state index is -0.0837. The molecule has 1 saturated heterocycles. The van der Waals surface area contributed by atoms with Gasteiger partial charge in [0.15, 0.2) is 0 Å². The zero-order valence-corrected chi connectivity index (χ0v) is 11.1. The van der Waals surface area contributed by atoms with E-state index in [2.05, 4.69) is 10.6 Å². The van der Waals surface area contributed by atoms with E-state index in [0.29, 0.717) is 0 Å². The summed E-state index contributed by atoms with van der Waals surface area (Å²) in [6.07, 6.45) is 4.39. The van der Waals surface area contributed by atoms with Crippen LogP contribution < -0.4 is 10.6 Å². The van der Waals surface area contributed by atoms with Crippen LogP contribution in [-0.4, -0.2) is 38.3 Å². The van der Waals surface area contributed by atoms with Crippen LogP contribution in [0, 0.1) is 0 Å². The number of nitrogens with one attached hydrogen (secondary N) is 2. The van der Waals surface area contributed by atoms with Crippen molar-refractivity contribution in [2.24, 2.45) is 0 Å². The molecule has 1 aromatic carbocycles. The molecule has 1 aromatic rings. The van der Waals surface area contributed by atoms with E-state index >= 15 is 0 Å². The lowest BCUT2D eigenvalue weighted by Gasteiger charge is -2.31. The van der Waals surface area contributed by atoms with Crippen LogP contribution in [0.15, 0.2) is 36.4 Å². The van der Waals surface area contributed by atoms with Crippen LogP contribution in [0.4, 0.5) is 0 Å². The molecule has 2 atom stereocenters. The lowest BCUT2D eigenvalue weighted by molar-refractivity contribution is -0.118. The number of carbonyl (C=O) groups excluding carboxylic acids is 1. The molecule has 0 unspecified atom stereocenters. The van der Waals surface area contributed by atoms with Crippen molar-refractivity contribution in [3.63, 3.8) is 0 Å². The summed E-state index contributed by atoms with van der Waals surface area (Å²) in [7, 11) is 1.69. The monoisotopic (exact) mass is 260 g/mol. The van der Waals surface area contributed by atoms with Gasteiger partial charge in [0.05, 0.1) is 12.1 Å². The predicted molar refractivity (Wildman–Crippen MR) is 75.7 cm³/mol. The Morgan fingerprint density at radius 3 is 2.95 bits per heavy atom. The summed E-state index contributed by atoms with van der Waals surface area (Å²) in [5.41, 5.74) is 1.02. The van der Waals surface area contributed by atoms with E-state index in [0.717, 1.165) is 25.1 Å². The van der Waals surface area contributed by atoms with Crippen LogP contribution in [0.3, 0.4) is 0 Å². The number of benzene rings is 1. The van der Waals surface area contributed by atoms with Crippen LogP contribution in [-0.2, 0) is 9.53 Å². The minimum Gasteiger partial charge on any atom is -0.379 e. The second kappa shape index (κ2) is 7.07. The largest absolute Gasteiger partial charge is 0.379 e. The third-order valence-electron chi connectivity index (χ3n) is 3.28. The average Bonchev–Trinajstić information content (AvgIpc) is 2.47. The molecule has 0 bridgehead atoms. The second-order valence-corrected chi connectivity index (χ2v) is 4.63. The third kappa shape index (κ3) is 4.19. The summed E-state index contributed by atoms with van der Waals surface area (Å²) >= 11 is 0. The number of hydrogen-bond acceptors (Lipinski definition) is 3. The summed E-state index contributed by atoms with van der Waals surface area (Å²) in [6, 6.07) is 9.81.